The Morgan fingerprint density at radius 3 is 2.56 bits per heavy atom. The van der Waals surface area contributed by atoms with Crippen molar-refractivity contribution in [3.63, 3.8) is 0 Å². The average Bonchev–Trinajstić information content (AvgIpc) is 3.16. The van der Waals surface area contributed by atoms with Crippen LogP contribution in [-0.4, -0.2) is 39.6 Å². The number of ether oxygens (including phenoxy) is 1. The molecule has 0 spiro atoms. The molecule has 1 amide bonds. The summed E-state index contributed by atoms with van der Waals surface area (Å²) >= 11 is 1.16. The number of anilines is 1. The van der Waals surface area contributed by atoms with Gasteiger partial charge in [0.15, 0.2) is 0 Å². The number of nitrogens with zero attached hydrogens (tertiary/aromatic N) is 3. The quantitative estimate of drug-likeness (QED) is 0.242. The fourth-order valence-corrected chi connectivity index (χ4v) is 5.33. The molecular weight excluding hydrogens is 523 g/mol. The highest BCUT2D eigenvalue weighted by atomic mass is 32.1. The Balaban J connectivity index is 2.25. The van der Waals surface area contributed by atoms with Crippen molar-refractivity contribution in [1.82, 2.24) is 14.5 Å². The number of aromatic nitrogens is 2. The number of fused-ring (bicyclic) bond motifs is 1. The lowest BCUT2D eigenvalue weighted by atomic mass is 10.0. The van der Waals surface area contributed by atoms with E-state index in [1.807, 2.05) is 13.8 Å². The second kappa shape index (κ2) is 11.9. The summed E-state index contributed by atoms with van der Waals surface area (Å²) in [5.74, 6) is -0.397. The molecule has 39 heavy (non-hydrogen) atoms. The minimum absolute atomic E-state index is 0.0958. The number of thiophene rings is 1. The lowest BCUT2D eigenvalue weighted by molar-refractivity contribution is -0.129. The van der Waals surface area contributed by atoms with Crippen LogP contribution in [0.4, 0.5) is 9.39 Å². The molecule has 10 nitrogen and oxygen atoms in total. The lowest BCUT2D eigenvalue weighted by Crippen LogP contribution is -2.56. The number of carbonyl (C=O) groups excluding carboxylic acids is 1. The monoisotopic (exact) mass is 558 g/mol. The molecule has 2 aromatic heterocycles. The zero-order valence-electron chi connectivity index (χ0n) is 23.2. The van der Waals surface area contributed by atoms with Gasteiger partial charge in [0.1, 0.15) is 26.9 Å². The largest absolute Gasteiger partial charge is 0.491 e. The molecule has 0 saturated carbocycles. The molecule has 2 heterocycles. The summed E-state index contributed by atoms with van der Waals surface area (Å²) in [7, 11) is 0. The number of halogens is 1. The van der Waals surface area contributed by atoms with Gasteiger partial charge < -0.3 is 15.5 Å². The van der Waals surface area contributed by atoms with Crippen molar-refractivity contribution >= 4 is 44.9 Å². The second-order valence-electron chi connectivity index (χ2n) is 10.2. The maximum atomic E-state index is 14.2. The van der Waals surface area contributed by atoms with Gasteiger partial charge in [0.2, 0.25) is 5.91 Å². The van der Waals surface area contributed by atoms with Crippen molar-refractivity contribution in [3.05, 3.63) is 56.0 Å². The zero-order valence-corrected chi connectivity index (χ0v) is 24.0. The number of hydrogen-bond donors (Lipinski definition) is 3. The predicted octanol–water partition coefficient (Wildman–Crippen LogP) is 4.01. The minimum Gasteiger partial charge on any atom is -0.491 e. The van der Waals surface area contributed by atoms with E-state index < -0.39 is 28.5 Å². The Morgan fingerprint density at radius 2 is 1.95 bits per heavy atom. The van der Waals surface area contributed by atoms with Crippen LogP contribution in [0.5, 0.6) is 5.75 Å². The van der Waals surface area contributed by atoms with Gasteiger partial charge in [-0.2, -0.15) is 5.10 Å². The lowest BCUT2D eigenvalue weighted by Gasteiger charge is -2.27. The van der Waals surface area contributed by atoms with E-state index in [9.17, 15) is 18.8 Å². The van der Waals surface area contributed by atoms with Crippen molar-refractivity contribution in [1.29, 1.82) is 5.41 Å². The molecule has 0 radical (unpaired) electrons. The van der Waals surface area contributed by atoms with Crippen molar-refractivity contribution in [2.45, 2.75) is 79.1 Å². The molecule has 3 aromatic rings. The predicted molar refractivity (Wildman–Crippen MR) is 154 cm³/mol. The summed E-state index contributed by atoms with van der Waals surface area (Å²) in [6.07, 6.45) is 2.34. The fourth-order valence-electron chi connectivity index (χ4n) is 4.16. The van der Waals surface area contributed by atoms with Gasteiger partial charge in [-0.05, 0) is 78.6 Å². The SMILES string of the molecule is Cc1c(N/N=C\C=N)sc2c1c(=O)n(C(C)(C)C(=O)NC(C)C)c(=O)n2CCc1cc(F)ccc1OC(C)C. The third-order valence-corrected chi connectivity index (χ3v) is 7.27. The van der Waals surface area contributed by atoms with Crippen LogP contribution < -0.4 is 26.7 Å². The molecule has 0 bridgehead atoms. The van der Waals surface area contributed by atoms with Gasteiger partial charge in [-0.3, -0.25) is 19.6 Å². The first kappa shape index (κ1) is 29.8. The molecule has 3 rings (SSSR count). The van der Waals surface area contributed by atoms with Crippen molar-refractivity contribution in [2.24, 2.45) is 5.10 Å². The summed E-state index contributed by atoms with van der Waals surface area (Å²) in [5, 5.41) is 14.7. The maximum absolute atomic E-state index is 14.2. The topological polar surface area (TPSA) is 131 Å². The molecule has 12 heteroatoms. The average molecular weight is 559 g/mol. The first-order valence-corrected chi connectivity index (χ1v) is 13.4. The highest BCUT2D eigenvalue weighted by Crippen LogP contribution is 2.33. The van der Waals surface area contributed by atoms with Crippen LogP contribution in [0.1, 0.15) is 52.7 Å². The van der Waals surface area contributed by atoms with Crippen LogP contribution in [0.2, 0.25) is 0 Å². The first-order chi connectivity index (χ1) is 18.3. The summed E-state index contributed by atoms with van der Waals surface area (Å²) in [5.41, 5.74) is 1.19. The Morgan fingerprint density at radius 1 is 1.26 bits per heavy atom. The number of rotatable bonds is 11. The normalized spacial score (nSPS) is 12.1. The molecule has 0 unspecified atom stereocenters. The van der Waals surface area contributed by atoms with Gasteiger partial charge in [0, 0.05) is 24.4 Å². The maximum Gasteiger partial charge on any atom is 0.333 e. The number of hydrazone groups is 1. The number of amides is 1. The van der Waals surface area contributed by atoms with Crippen LogP contribution >= 0.6 is 11.3 Å². The van der Waals surface area contributed by atoms with Crippen molar-refractivity contribution in [2.75, 3.05) is 5.43 Å². The van der Waals surface area contributed by atoms with E-state index in [0.717, 1.165) is 22.1 Å². The molecular formula is C27H35FN6O4S. The zero-order chi connectivity index (χ0) is 29.1. The van der Waals surface area contributed by atoms with E-state index in [1.165, 1.54) is 36.8 Å². The first-order valence-electron chi connectivity index (χ1n) is 12.6. The van der Waals surface area contributed by atoms with E-state index in [-0.39, 0.29) is 30.5 Å². The van der Waals surface area contributed by atoms with Crippen molar-refractivity contribution < 1.29 is 13.9 Å². The molecule has 0 fully saturated rings. The van der Waals surface area contributed by atoms with Gasteiger partial charge in [0.25, 0.3) is 5.56 Å². The molecule has 0 aliphatic carbocycles. The van der Waals surface area contributed by atoms with Crippen LogP contribution in [0.3, 0.4) is 0 Å². The van der Waals surface area contributed by atoms with E-state index in [1.54, 1.807) is 26.8 Å². The fraction of sp³-hybridized carbons (Fsp3) is 0.444. The van der Waals surface area contributed by atoms with Crippen LogP contribution in [0.15, 0.2) is 32.9 Å². The van der Waals surface area contributed by atoms with Crippen LogP contribution in [0.25, 0.3) is 10.2 Å². The van der Waals surface area contributed by atoms with Gasteiger partial charge in [-0.1, -0.05) is 11.3 Å². The third kappa shape index (κ3) is 6.27. The summed E-state index contributed by atoms with van der Waals surface area (Å²) < 4.78 is 22.4. The van der Waals surface area contributed by atoms with Gasteiger partial charge in [-0.25, -0.2) is 13.8 Å². The smallest absolute Gasteiger partial charge is 0.333 e. The molecule has 210 valence electrons. The molecule has 3 N–H and O–H groups in total. The molecule has 0 atom stereocenters. The molecule has 0 aliphatic heterocycles. The number of nitrogens with one attached hydrogen (secondary N) is 3. The Labute approximate surface area is 230 Å². The van der Waals surface area contributed by atoms with Gasteiger partial charge in [-0.15, -0.1) is 0 Å². The third-order valence-electron chi connectivity index (χ3n) is 6.05. The number of benzene rings is 1. The molecule has 0 aliphatic rings. The Bertz CT molecular complexity index is 1530. The highest BCUT2D eigenvalue weighted by molar-refractivity contribution is 7.22. The highest BCUT2D eigenvalue weighted by Gasteiger charge is 2.35. The van der Waals surface area contributed by atoms with E-state index in [0.29, 0.717) is 26.7 Å². The van der Waals surface area contributed by atoms with Crippen LogP contribution in [0, 0.1) is 18.2 Å². The van der Waals surface area contributed by atoms with Crippen LogP contribution in [-0.2, 0) is 23.3 Å². The van der Waals surface area contributed by atoms with Crippen molar-refractivity contribution in [3.8, 4) is 5.75 Å². The second-order valence-corrected chi connectivity index (χ2v) is 11.2. The number of hydrogen-bond acceptors (Lipinski definition) is 8. The number of carbonyl (C=O) groups is 1. The summed E-state index contributed by atoms with van der Waals surface area (Å²) in [4.78, 5) is 41.3. The Kier molecular flexibility index (Phi) is 9.10. The molecule has 0 saturated heterocycles. The van der Waals surface area contributed by atoms with E-state index >= 15 is 0 Å². The minimum atomic E-state index is -1.50. The number of aryl methyl sites for hydroxylation is 3. The van der Waals surface area contributed by atoms with E-state index in [2.05, 4.69) is 15.8 Å². The van der Waals surface area contributed by atoms with Gasteiger partial charge in [0.05, 0.1) is 17.7 Å². The Hall–Kier alpha value is -3.80. The summed E-state index contributed by atoms with van der Waals surface area (Å²) in [6.45, 7) is 12.2. The molecule has 1 aromatic carbocycles. The summed E-state index contributed by atoms with van der Waals surface area (Å²) in [6, 6.07) is 4.05. The van der Waals surface area contributed by atoms with E-state index in [4.69, 9.17) is 10.1 Å². The van der Waals surface area contributed by atoms with Gasteiger partial charge >= 0.3 is 5.69 Å². The standard InChI is InChI=1S/C27H35FN6O4S/c1-15(2)31-25(36)27(6,7)34-23(35)21-17(5)22(32-30-12-11-29)39-24(21)33(26(34)37)13-10-18-14-19(28)8-9-20(18)38-16(3)4/h8-9,11-12,14-16,29,32H,10,13H2,1-7H3,(H,31,36)/b29-11?,30-12-.